The summed E-state index contributed by atoms with van der Waals surface area (Å²) in [5, 5.41) is 0. The van der Waals surface area contributed by atoms with E-state index < -0.39 is 0 Å². The third-order valence-corrected chi connectivity index (χ3v) is 2.03. The normalized spacial score (nSPS) is 20.7. The lowest BCUT2D eigenvalue weighted by Crippen LogP contribution is -2.16. The van der Waals surface area contributed by atoms with Crippen molar-refractivity contribution in [2.45, 2.75) is 12.5 Å². The van der Waals surface area contributed by atoms with Crippen LogP contribution in [0.2, 0.25) is 0 Å². The van der Waals surface area contributed by atoms with Crippen LogP contribution in [0.25, 0.3) is 0 Å². The quantitative estimate of drug-likeness (QED) is 0.707. The van der Waals surface area contributed by atoms with Gasteiger partial charge in [-0.05, 0) is 6.07 Å². The first-order valence-corrected chi connectivity index (χ1v) is 4.47. The molecular formula is C10H10NO3. The van der Waals surface area contributed by atoms with Gasteiger partial charge in [-0.25, -0.2) is 4.98 Å². The van der Waals surface area contributed by atoms with E-state index in [2.05, 4.69) is 4.98 Å². The second-order valence-corrected chi connectivity index (χ2v) is 3.09. The van der Waals surface area contributed by atoms with Gasteiger partial charge in [0.05, 0.1) is 13.2 Å². The smallest absolute Gasteiger partial charge is 0.235 e. The van der Waals surface area contributed by atoms with Crippen LogP contribution in [0.15, 0.2) is 18.3 Å². The lowest BCUT2D eigenvalue weighted by Gasteiger charge is -2.09. The van der Waals surface area contributed by atoms with Gasteiger partial charge < -0.3 is 9.47 Å². The average molecular weight is 192 g/mol. The van der Waals surface area contributed by atoms with Crippen LogP contribution in [0.4, 0.5) is 0 Å². The fourth-order valence-electron chi connectivity index (χ4n) is 1.29. The van der Waals surface area contributed by atoms with Crippen molar-refractivity contribution in [2.24, 2.45) is 0 Å². The second kappa shape index (κ2) is 4.19. The minimum atomic E-state index is 0.0913. The fraction of sp³-hybridized carbons (Fsp3) is 0.400. The molecule has 73 valence electrons. The number of pyridine rings is 1. The van der Waals surface area contributed by atoms with Crippen molar-refractivity contribution in [2.75, 3.05) is 13.2 Å². The Morgan fingerprint density at radius 1 is 1.57 bits per heavy atom. The number of nitrogens with zero attached hydrogens (tertiary/aromatic N) is 1. The van der Waals surface area contributed by atoms with Crippen LogP contribution in [0.3, 0.4) is 0 Å². The topological polar surface area (TPSA) is 48.4 Å². The van der Waals surface area contributed by atoms with E-state index in [1.165, 1.54) is 6.20 Å². The third kappa shape index (κ3) is 2.09. The number of hydrogen-bond donors (Lipinski definition) is 0. The number of aromatic nitrogens is 1. The van der Waals surface area contributed by atoms with E-state index in [-0.39, 0.29) is 6.10 Å². The molecule has 4 nitrogen and oxygen atoms in total. The maximum atomic E-state index is 10.2. The van der Waals surface area contributed by atoms with E-state index in [1.807, 2.05) is 0 Å². The monoisotopic (exact) mass is 192 g/mol. The molecule has 1 aromatic rings. The van der Waals surface area contributed by atoms with Gasteiger partial charge >= 0.3 is 0 Å². The lowest BCUT2D eigenvalue weighted by molar-refractivity contribution is 0.138. The molecule has 4 heteroatoms. The summed E-state index contributed by atoms with van der Waals surface area (Å²) in [5.74, 6) is 0.527. The second-order valence-electron chi connectivity index (χ2n) is 3.09. The highest BCUT2D eigenvalue weighted by Crippen LogP contribution is 2.13. The van der Waals surface area contributed by atoms with Crippen molar-refractivity contribution < 1.29 is 14.3 Å². The van der Waals surface area contributed by atoms with Gasteiger partial charge in [-0.3, -0.25) is 4.79 Å². The van der Waals surface area contributed by atoms with Crippen molar-refractivity contribution in [3.63, 3.8) is 0 Å². The average Bonchev–Trinajstić information content (AvgIpc) is 2.72. The van der Waals surface area contributed by atoms with Crippen LogP contribution in [0.5, 0.6) is 5.88 Å². The van der Waals surface area contributed by atoms with E-state index >= 15 is 0 Å². The maximum absolute atomic E-state index is 10.2. The summed E-state index contributed by atoms with van der Waals surface area (Å²) in [6.07, 6.45) is 4.18. The predicted octanol–water partition coefficient (Wildman–Crippen LogP) is 0.707. The molecule has 0 amide bonds. The van der Waals surface area contributed by atoms with Crippen LogP contribution < -0.4 is 4.74 Å². The van der Waals surface area contributed by atoms with Gasteiger partial charge in [0.25, 0.3) is 0 Å². The number of carbonyl (C=O) groups excluding carboxylic acids is 1. The Labute approximate surface area is 81.9 Å². The van der Waals surface area contributed by atoms with Crippen LogP contribution in [0.1, 0.15) is 12.0 Å². The number of rotatable bonds is 3. The molecule has 1 unspecified atom stereocenters. The molecule has 1 aliphatic rings. The molecule has 0 saturated carbocycles. The first-order valence-electron chi connectivity index (χ1n) is 4.47. The van der Waals surface area contributed by atoms with E-state index in [0.717, 1.165) is 13.0 Å². The van der Waals surface area contributed by atoms with Crippen LogP contribution in [0, 0.1) is 0 Å². The molecule has 1 saturated heterocycles. The maximum Gasteiger partial charge on any atom is 0.235 e. The Morgan fingerprint density at radius 3 is 3.07 bits per heavy atom. The molecule has 2 heterocycles. The molecule has 2 rings (SSSR count). The summed E-state index contributed by atoms with van der Waals surface area (Å²) < 4.78 is 10.7. The van der Waals surface area contributed by atoms with Crippen molar-refractivity contribution >= 4 is 6.29 Å². The van der Waals surface area contributed by atoms with E-state index in [1.54, 1.807) is 18.4 Å². The van der Waals surface area contributed by atoms with Gasteiger partial charge in [-0.2, -0.15) is 0 Å². The highest BCUT2D eigenvalue weighted by Gasteiger charge is 2.17. The van der Waals surface area contributed by atoms with Crippen molar-refractivity contribution in [3.05, 3.63) is 23.9 Å². The Hall–Kier alpha value is -1.42. The van der Waals surface area contributed by atoms with Gasteiger partial charge in [0, 0.05) is 24.2 Å². The Morgan fingerprint density at radius 2 is 2.50 bits per heavy atom. The summed E-state index contributed by atoms with van der Waals surface area (Å²) in [4.78, 5) is 14.2. The molecule has 1 radical (unpaired) electrons. The highest BCUT2D eigenvalue weighted by molar-refractivity contribution is 5.74. The molecule has 0 aliphatic carbocycles. The lowest BCUT2D eigenvalue weighted by atomic mass is 10.3. The molecule has 0 aromatic carbocycles. The standard InChI is InChI=1S/C10H10NO3/c12-6-8-1-2-10(11-5-8)14-9-3-4-13-7-9/h1-2,5,9H,3-4,7H2. The molecular weight excluding hydrogens is 182 g/mol. The molecule has 1 fully saturated rings. The van der Waals surface area contributed by atoms with Gasteiger partial charge in [-0.1, -0.05) is 0 Å². The van der Waals surface area contributed by atoms with Gasteiger partial charge in [0.15, 0.2) is 0 Å². The molecule has 14 heavy (non-hydrogen) atoms. The summed E-state index contributed by atoms with van der Waals surface area (Å²) in [6, 6.07) is 3.30. The van der Waals surface area contributed by atoms with Crippen LogP contribution in [-0.2, 0) is 9.53 Å². The Bertz CT molecular complexity index is 304. The minimum absolute atomic E-state index is 0.0913. The zero-order valence-corrected chi connectivity index (χ0v) is 7.60. The summed E-state index contributed by atoms with van der Waals surface area (Å²) in [5.41, 5.74) is 0.431. The van der Waals surface area contributed by atoms with Gasteiger partial charge in [0.1, 0.15) is 6.10 Å². The van der Waals surface area contributed by atoms with Crippen LogP contribution >= 0.6 is 0 Å². The summed E-state index contributed by atoms with van der Waals surface area (Å²) in [6.45, 7) is 1.36. The van der Waals surface area contributed by atoms with Crippen molar-refractivity contribution in [3.8, 4) is 5.88 Å². The van der Waals surface area contributed by atoms with Crippen LogP contribution in [-0.4, -0.2) is 30.6 Å². The van der Waals surface area contributed by atoms with Gasteiger partial charge in [-0.15, -0.1) is 0 Å². The minimum Gasteiger partial charge on any atom is -0.472 e. The first-order chi connectivity index (χ1) is 6.88. The van der Waals surface area contributed by atoms with E-state index in [9.17, 15) is 4.79 Å². The zero-order chi connectivity index (χ0) is 9.80. The predicted molar refractivity (Wildman–Crippen MR) is 48.9 cm³/mol. The molecule has 1 aliphatic heterocycles. The van der Waals surface area contributed by atoms with E-state index in [0.29, 0.717) is 18.1 Å². The van der Waals surface area contributed by atoms with Gasteiger partial charge in [0.2, 0.25) is 12.2 Å². The molecule has 0 N–H and O–H groups in total. The summed E-state index contributed by atoms with van der Waals surface area (Å²) >= 11 is 0. The highest BCUT2D eigenvalue weighted by atomic mass is 16.5. The number of ether oxygens (including phenoxy) is 2. The largest absolute Gasteiger partial charge is 0.472 e. The fourth-order valence-corrected chi connectivity index (χ4v) is 1.29. The zero-order valence-electron chi connectivity index (χ0n) is 7.60. The van der Waals surface area contributed by atoms with E-state index in [4.69, 9.17) is 9.47 Å². The SMILES string of the molecule is O=[C]c1ccc(OC2CCOC2)nc1. The number of hydrogen-bond acceptors (Lipinski definition) is 4. The molecule has 1 aromatic heterocycles. The first kappa shape index (κ1) is 9.15. The molecule has 1 atom stereocenters. The Balaban J connectivity index is 1.98. The summed E-state index contributed by atoms with van der Waals surface area (Å²) in [7, 11) is 0. The molecule has 0 bridgehead atoms. The Kier molecular flexibility index (Phi) is 2.74. The van der Waals surface area contributed by atoms with Crippen molar-refractivity contribution in [1.82, 2.24) is 4.98 Å². The third-order valence-electron chi connectivity index (χ3n) is 2.03. The van der Waals surface area contributed by atoms with Crippen molar-refractivity contribution in [1.29, 1.82) is 0 Å². The molecule has 0 spiro atoms.